The van der Waals surface area contributed by atoms with Crippen molar-refractivity contribution >= 4 is 9.84 Å². The smallest absolute Gasteiger partial charge is 0.161 e. The third kappa shape index (κ3) is 5.08. The molecule has 0 saturated heterocycles. The van der Waals surface area contributed by atoms with Crippen molar-refractivity contribution < 1.29 is 23.0 Å². The molecule has 0 bridgehead atoms. The van der Waals surface area contributed by atoms with Gasteiger partial charge in [0.15, 0.2) is 11.5 Å². The Morgan fingerprint density at radius 1 is 1.21 bits per heavy atom. The van der Waals surface area contributed by atoms with E-state index in [9.17, 15) is 13.5 Å². The van der Waals surface area contributed by atoms with Crippen molar-refractivity contribution in [1.82, 2.24) is 0 Å². The van der Waals surface area contributed by atoms with Crippen LogP contribution in [0, 0.1) is 0 Å². The van der Waals surface area contributed by atoms with Gasteiger partial charge < -0.3 is 14.6 Å². The van der Waals surface area contributed by atoms with Crippen molar-refractivity contribution in [2.45, 2.75) is 18.9 Å². The van der Waals surface area contributed by atoms with E-state index in [2.05, 4.69) is 0 Å². The molecule has 0 fully saturated rings. The highest BCUT2D eigenvalue weighted by molar-refractivity contribution is 7.90. The lowest BCUT2D eigenvalue weighted by Crippen LogP contribution is -2.06. The van der Waals surface area contributed by atoms with E-state index in [-0.39, 0.29) is 5.75 Å². The maximum absolute atomic E-state index is 11.0. The summed E-state index contributed by atoms with van der Waals surface area (Å²) < 4.78 is 32.3. The first kappa shape index (κ1) is 15.8. The number of sulfone groups is 1. The molecule has 0 spiro atoms. The molecule has 5 nitrogen and oxygen atoms in total. The number of benzene rings is 1. The number of methoxy groups -OCH3 is 2. The molecule has 1 aromatic carbocycles. The van der Waals surface area contributed by atoms with Gasteiger partial charge in [0.1, 0.15) is 9.84 Å². The van der Waals surface area contributed by atoms with Gasteiger partial charge in [0.25, 0.3) is 0 Å². The van der Waals surface area contributed by atoms with Gasteiger partial charge in [-0.05, 0) is 30.5 Å². The minimum Gasteiger partial charge on any atom is -0.493 e. The van der Waals surface area contributed by atoms with Gasteiger partial charge in [-0.15, -0.1) is 0 Å². The van der Waals surface area contributed by atoms with Gasteiger partial charge in [-0.1, -0.05) is 6.07 Å². The second kappa shape index (κ2) is 6.77. The molecule has 0 aliphatic rings. The predicted octanol–water partition coefficient (Wildman–Crippen LogP) is 1.56. The van der Waals surface area contributed by atoms with Crippen LogP contribution in [0.3, 0.4) is 0 Å². The quantitative estimate of drug-likeness (QED) is 0.824. The number of hydrogen-bond donors (Lipinski definition) is 1. The molecule has 1 N–H and O–H groups in total. The molecule has 1 aromatic rings. The van der Waals surface area contributed by atoms with Crippen LogP contribution in [0.5, 0.6) is 11.5 Å². The normalized spacial score (nSPS) is 13.1. The van der Waals surface area contributed by atoms with Gasteiger partial charge in [0.2, 0.25) is 0 Å². The van der Waals surface area contributed by atoms with Crippen LogP contribution in [0.2, 0.25) is 0 Å². The van der Waals surface area contributed by atoms with Gasteiger partial charge >= 0.3 is 0 Å². The zero-order valence-electron chi connectivity index (χ0n) is 11.4. The monoisotopic (exact) mass is 288 g/mol. The van der Waals surface area contributed by atoms with E-state index in [1.807, 2.05) is 0 Å². The Labute approximate surface area is 114 Å². The molecule has 108 valence electrons. The first-order chi connectivity index (χ1) is 8.87. The van der Waals surface area contributed by atoms with Gasteiger partial charge in [0.05, 0.1) is 20.3 Å². The van der Waals surface area contributed by atoms with Gasteiger partial charge in [0, 0.05) is 12.0 Å². The van der Waals surface area contributed by atoms with Crippen LogP contribution >= 0.6 is 0 Å². The maximum atomic E-state index is 11.0. The largest absolute Gasteiger partial charge is 0.493 e. The first-order valence-electron chi connectivity index (χ1n) is 5.95. The molecule has 1 unspecified atom stereocenters. The van der Waals surface area contributed by atoms with Crippen molar-refractivity contribution in [1.29, 1.82) is 0 Å². The maximum Gasteiger partial charge on any atom is 0.161 e. The van der Waals surface area contributed by atoms with Crippen LogP contribution in [0.4, 0.5) is 0 Å². The zero-order valence-corrected chi connectivity index (χ0v) is 12.2. The lowest BCUT2D eigenvalue weighted by molar-refractivity contribution is 0.166. The molecule has 0 saturated carbocycles. The van der Waals surface area contributed by atoms with Crippen LogP contribution in [0.1, 0.15) is 24.5 Å². The Morgan fingerprint density at radius 3 is 2.37 bits per heavy atom. The Hall–Kier alpha value is -1.27. The summed E-state index contributed by atoms with van der Waals surface area (Å²) in [6.07, 6.45) is 1.30. The number of aliphatic hydroxyl groups excluding tert-OH is 1. The van der Waals surface area contributed by atoms with Crippen LogP contribution in [0.25, 0.3) is 0 Å². The molecule has 1 rings (SSSR count). The van der Waals surface area contributed by atoms with Crippen molar-refractivity contribution in [2.24, 2.45) is 0 Å². The van der Waals surface area contributed by atoms with Crippen LogP contribution in [-0.2, 0) is 9.84 Å². The average molecular weight is 288 g/mol. The number of aliphatic hydroxyl groups is 1. The van der Waals surface area contributed by atoms with Crippen LogP contribution in [-0.4, -0.2) is 39.8 Å². The summed E-state index contributed by atoms with van der Waals surface area (Å²) >= 11 is 0. The van der Waals surface area contributed by atoms with Crippen molar-refractivity contribution in [3.63, 3.8) is 0 Å². The third-order valence-corrected chi connectivity index (χ3v) is 3.82. The van der Waals surface area contributed by atoms with Gasteiger partial charge in [-0.3, -0.25) is 0 Å². The standard InChI is InChI=1S/C13H20O5S/c1-17-12-7-6-10(9-13(12)18-2)11(14)5-4-8-19(3,15)16/h6-7,9,11,14H,4-5,8H2,1-3H3. The SMILES string of the molecule is COc1ccc(C(O)CCCS(C)(=O)=O)cc1OC. The third-order valence-electron chi connectivity index (χ3n) is 2.79. The van der Waals surface area contributed by atoms with Gasteiger partial charge in [-0.2, -0.15) is 0 Å². The van der Waals surface area contributed by atoms with E-state index in [1.165, 1.54) is 13.4 Å². The molecular weight excluding hydrogens is 268 g/mol. The fourth-order valence-electron chi connectivity index (χ4n) is 1.77. The first-order valence-corrected chi connectivity index (χ1v) is 8.01. The van der Waals surface area contributed by atoms with Gasteiger partial charge in [-0.25, -0.2) is 8.42 Å². The second-order valence-electron chi connectivity index (χ2n) is 4.40. The molecule has 0 aliphatic heterocycles. The highest BCUT2D eigenvalue weighted by Crippen LogP contribution is 2.31. The summed E-state index contributed by atoms with van der Waals surface area (Å²) in [6.45, 7) is 0. The molecule has 0 aliphatic carbocycles. The summed E-state index contributed by atoms with van der Waals surface area (Å²) in [4.78, 5) is 0. The molecule has 0 radical (unpaired) electrons. The summed E-state index contributed by atoms with van der Waals surface area (Å²) in [5.41, 5.74) is 0.686. The van der Waals surface area contributed by atoms with Crippen LogP contribution < -0.4 is 9.47 Å². The lowest BCUT2D eigenvalue weighted by Gasteiger charge is -2.14. The number of hydrogen-bond acceptors (Lipinski definition) is 5. The fourth-order valence-corrected chi connectivity index (χ4v) is 2.46. The average Bonchev–Trinajstić information content (AvgIpc) is 2.36. The number of ether oxygens (including phenoxy) is 2. The lowest BCUT2D eigenvalue weighted by atomic mass is 10.0. The Kier molecular flexibility index (Phi) is 5.62. The highest BCUT2D eigenvalue weighted by atomic mass is 32.2. The van der Waals surface area contributed by atoms with Crippen molar-refractivity contribution in [3.8, 4) is 11.5 Å². The molecule has 6 heteroatoms. The molecule has 19 heavy (non-hydrogen) atoms. The van der Waals surface area contributed by atoms with Crippen molar-refractivity contribution in [2.75, 3.05) is 26.2 Å². The molecular formula is C13H20O5S. The minimum absolute atomic E-state index is 0.0807. The van der Waals surface area contributed by atoms with E-state index in [1.54, 1.807) is 25.3 Å². The Morgan fingerprint density at radius 2 is 1.84 bits per heavy atom. The molecule has 1 atom stereocenters. The molecule has 0 heterocycles. The van der Waals surface area contributed by atoms with E-state index in [4.69, 9.17) is 9.47 Å². The fraction of sp³-hybridized carbons (Fsp3) is 0.538. The summed E-state index contributed by atoms with van der Waals surface area (Å²) in [6, 6.07) is 5.16. The van der Waals surface area contributed by atoms with E-state index < -0.39 is 15.9 Å². The minimum atomic E-state index is -2.98. The molecule has 0 amide bonds. The summed E-state index contributed by atoms with van der Waals surface area (Å²) in [5.74, 6) is 1.22. The zero-order chi connectivity index (χ0) is 14.5. The van der Waals surface area contributed by atoms with E-state index in [0.29, 0.717) is 29.9 Å². The van der Waals surface area contributed by atoms with Crippen molar-refractivity contribution in [3.05, 3.63) is 23.8 Å². The Balaban J connectivity index is 2.69. The number of rotatable bonds is 7. The summed E-state index contributed by atoms with van der Waals surface area (Å²) in [7, 11) is 0.0859. The molecule has 0 aromatic heterocycles. The second-order valence-corrected chi connectivity index (χ2v) is 6.66. The van der Waals surface area contributed by atoms with E-state index >= 15 is 0 Å². The Bertz CT molecular complexity index is 510. The van der Waals surface area contributed by atoms with E-state index in [0.717, 1.165) is 0 Å². The predicted molar refractivity (Wildman–Crippen MR) is 73.5 cm³/mol. The van der Waals surface area contributed by atoms with Crippen LogP contribution in [0.15, 0.2) is 18.2 Å². The topological polar surface area (TPSA) is 72.8 Å². The highest BCUT2D eigenvalue weighted by Gasteiger charge is 2.12. The summed E-state index contributed by atoms with van der Waals surface area (Å²) in [5, 5.41) is 10.0.